The number of nitrogens with zero attached hydrogens (tertiary/aromatic N) is 3. The predicted molar refractivity (Wildman–Crippen MR) is 77.4 cm³/mol. The van der Waals surface area contributed by atoms with Crippen LogP contribution < -0.4 is 4.90 Å². The van der Waals surface area contributed by atoms with Crippen LogP contribution in [0.3, 0.4) is 0 Å². The van der Waals surface area contributed by atoms with Crippen molar-refractivity contribution < 1.29 is 14.1 Å². The molecule has 0 saturated heterocycles. The first kappa shape index (κ1) is 14.1. The highest BCUT2D eigenvalue weighted by Crippen LogP contribution is 2.30. The number of fused-ring (bicyclic) bond motifs is 1. The third-order valence-corrected chi connectivity index (χ3v) is 3.75. The zero-order valence-corrected chi connectivity index (χ0v) is 11.7. The van der Waals surface area contributed by atoms with Crippen molar-refractivity contribution in [2.45, 2.75) is 13.3 Å². The van der Waals surface area contributed by atoms with Crippen molar-refractivity contribution >= 4 is 17.3 Å². The number of pyridine rings is 1. The summed E-state index contributed by atoms with van der Waals surface area (Å²) in [4.78, 5) is 28.2. The summed E-state index contributed by atoms with van der Waals surface area (Å²) in [6.07, 6.45) is 3.64. The smallest absolute Gasteiger partial charge is 0.305 e. The van der Waals surface area contributed by atoms with Gasteiger partial charge in [0.1, 0.15) is 0 Å². The largest absolute Gasteiger partial charge is 0.306 e. The summed E-state index contributed by atoms with van der Waals surface area (Å²) >= 11 is 0. The average Bonchev–Trinajstić information content (AvgIpc) is 2.48. The number of aromatic nitrogens is 1. The first-order valence-electron chi connectivity index (χ1n) is 6.68. The van der Waals surface area contributed by atoms with Crippen LogP contribution in [0.2, 0.25) is 0 Å². The van der Waals surface area contributed by atoms with E-state index in [1.807, 2.05) is 6.92 Å². The molecule has 22 heavy (non-hydrogen) atoms. The van der Waals surface area contributed by atoms with Crippen LogP contribution in [0.15, 0.2) is 30.6 Å². The van der Waals surface area contributed by atoms with Crippen LogP contribution in [0.5, 0.6) is 0 Å². The summed E-state index contributed by atoms with van der Waals surface area (Å²) in [5.41, 5.74) is 1.51. The minimum Gasteiger partial charge on any atom is -0.306 e. The van der Waals surface area contributed by atoms with Gasteiger partial charge in [-0.3, -0.25) is 19.9 Å². The van der Waals surface area contributed by atoms with Gasteiger partial charge in [-0.25, -0.2) is 0 Å². The molecule has 0 unspecified atom stereocenters. The molecule has 0 spiro atoms. The third kappa shape index (κ3) is 2.20. The number of hydrogen-bond donors (Lipinski definition) is 0. The van der Waals surface area contributed by atoms with Gasteiger partial charge in [-0.15, -0.1) is 0 Å². The second-order valence-electron chi connectivity index (χ2n) is 5.09. The fourth-order valence-corrected chi connectivity index (χ4v) is 2.60. The fourth-order valence-electron chi connectivity index (χ4n) is 2.60. The minimum absolute atomic E-state index is 0.169. The molecular formula is C15H12FN3O3. The van der Waals surface area contributed by atoms with Gasteiger partial charge >= 0.3 is 5.69 Å². The van der Waals surface area contributed by atoms with Crippen LogP contribution in [0.1, 0.15) is 21.5 Å². The highest BCUT2D eigenvalue weighted by Gasteiger charge is 2.30. The number of amides is 1. The molecule has 6 nitrogen and oxygen atoms in total. The second kappa shape index (κ2) is 5.18. The Balaban J connectivity index is 2.07. The lowest BCUT2D eigenvalue weighted by Crippen LogP contribution is -2.38. The van der Waals surface area contributed by atoms with E-state index in [0.717, 1.165) is 17.7 Å². The Morgan fingerprint density at radius 2 is 2.18 bits per heavy atom. The van der Waals surface area contributed by atoms with Crippen molar-refractivity contribution in [2.75, 3.05) is 11.4 Å². The van der Waals surface area contributed by atoms with Gasteiger partial charge in [-0.1, -0.05) is 0 Å². The Morgan fingerprint density at radius 1 is 1.41 bits per heavy atom. The molecule has 0 atom stereocenters. The number of carbonyl (C=O) groups excluding carboxylic acids is 1. The van der Waals surface area contributed by atoms with Crippen molar-refractivity contribution in [3.05, 3.63) is 63.2 Å². The summed E-state index contributed by atoms with van der Waals surface area (Å²) < 4.78 is 13.7. The van der Waals surface area contributed by atoms with Crippen molar-refractivity contribution in [3.63, 3.8) is 0 Å². The highest BCUT2D eigenvalue weighted by molar-refractivity contribution is 6.08. The average molecular weight is 301 g/mol. The Bertz CT molecular complexity index is 792. The number of nitro groups is 1. The molecule has 0 bridgehead atoms. The van der Waals surface area contributed by atoms with Gasteiger partial charge in [0.25, 0.3) is 5.91 Å². The van der Waals surface area contributed by atoms with Gasteiger partial charge < -0.3 is 4.90 Å². The third-order valence-electron chi connectivity index (χ3n) is 3.75. The topological polar surface area (TPSA) is 76.3 Å². The van der Waals surface area contributed by atoms with Crippen molar-refractivity contribution in [2.24, 2.45) is 0 Å². The minimum atomic E-state index is -0.914. The lowest BCUT2D eigenvalue weighted by Gasteiger charge is -2.29. The Kier molecular flexibility index (Phi) is 3.32. The number of anilines is 1. The molecule has 1 aromatic carbocycles. The lowest BCUT2D eigenvalue weighted by molar-refractivity contribution is -0.387. The number of benzene rings is 1. The van der Waals surface area contributed by atoms with Crippen LogP contribution in [0, 0.1) is 22.9 Å². The molecule has 0 aliphatic carbocycles. The molecule has 1 aliphatic heterocycles. The molecule has 3 rings (SSSR count). The van der Waals surface area contributed by atoms with E-state index < -0.39 is 16.4 Å². The van der Waals surface area contributed by atoms with Gasteiger partial charge in [-0.2, -0.15) is 4.39 Å². The number of rotatable bonds is 2. The highest BCUT2D eigenvalue weighted by atomic mass is 19.1. The molecule has 1 aromatic heterocycles. The lowest BCUT2D eigenvalue weighted by atomic mass is 9.97. The van der Waals surface area contributed by atoms with E-state index in [-0.39, 0.29) is 11.5 Å². The van der Waals surface area contributed by atoms with E-state index in [4.69, 9.17) is 0 Å². The SMILES string of the molecule is Cc1ccncc1N1CCc2cc(F)c([N+](=O)[O-])cc2C1=O. The number of aryl methyl sites for hydroxylation is 1. The van der Waals surface area contributed by atoms with Gasteiger partial charge in [-0.05, 0) is 36.6 Å². The summed E-state index contributed by atoms with van der Waals surface area (Å²) in [6.45, 7) is 2.24. The Labute approximate surface area is 125 Å². The summed E-state index contributed by atoms with van der Waals surface area (Å²) in [7, 11) is 0. The summed E-state index contributed by atoms with van der Waals surface area (Å²) in [5.74, 6) is -1.29. The maximum absolute atomic E-state index is 13.7. The molecule has 0 saturated carbocycles. The molecule has 2 aromatic rings. The molecule has 7 heteroatoms. The number of halogens is 1. The van der Waals surface area contributed by atoms with Crippen LogP contribution in [-0.2, 0) is 6.42 Å². The second-order valence-corrected chi connectivity index (χ2v) is 5.09. The van der Waals surface area contributed by atoms with Crippen LogP contribution in [0.4, 0.5) is 15.8 Å². The number of nitro benzene ring substituents is 1. The maximum atomic E-state index is 13.7. The van der Waals surface area contributed by atoms with Crippen LogP contribution in [-0.4, -0.2) is 22.4 Å². The van der Waals surface area contributed by atoms with E-state index in [9.17, 15) is 19.3 Å². The van der Waals surface area contributed by atoms with E-state index >= 15 is 0 Å². The van der Waals surface area contributed by atoms with E-state index in [1.54, 1.807) is 18.5 Å². The first-order valence-corrected chi connectivity index (χ1v) is 6.68. The molecule has 0 fully saturated rings. The molecule has 1 aliphatic rings. The molecule has 0 N–H and O–H groups in total. The van der Waals surface area contributed by atoms with Crippen molar-refractivity contribution in [1.82, 2.24) is 4.98 Å². The fraction of sp³-hybridized carbons (Fsp3) is 0.200. The van der Waals surface area contributed by atoms with Gasteiger partial charge in [0.2, 0.25) is 5.82 Å². The first-order chi connectivity index (χ1) is 10.5. The monoisotopic (exact) mass is 301 g/mol. The predicted octanol–water partition coefficient (Wildman–Crippen LogP) is 2.64. The molecule has 0 radical (unpaired) electrons. The van der Waals surface area contributed by atoms with Crippen molar-refractivity contribution in [1.29, 1.82) is 0 Å². The van der Waals surface area contributed by atoms with E-state index in [1.165, 1.54) is 4.90 Å². The molecule has 1 amide bonds. The summed E-state index contributed by atoms with van der Waals surface area (Å²) in [6, 6.07) is 3.88. The van der Waals surface area contributed by atoms with Crippen LogP contribution in [0.25, 0.3) is 0 Å². The normalized spacial score (nSPS) is 13.9. The van der Waals surface area contributed by atoms with Gasteiger partial charge in [0.15, 0.2) is 0 Å². The van der Waals surface area contributed by atoms with Crippen molar-refractivity contribution in [3.8, 4) is 0 Å². The van der Waals surface area contributed by atoms with Crippen LogP contribution >= 0.6 is 0 Å². The zero-order valence-electron chi connectivity index (χ0n) is 11.7. The van der Waals surface area contributed by atoms with E-state index in [2.05, 4.69) is 4.98 Å². The summed E-state index contributed by atoms with van der Waals surface area (Å²) in [5, 5.41) is 10.9. The van der Waals surface area contributed by atoms with Gasteiger partial charge in [0, 0.05) is 18.8 Å². The van der Waals surface area contributed by atoms with E-state index in [0.29, 0.717) is 24.2 Å². The zero-order chi connectivity index (χ0) is 15.9. The maximum Gasteiger partial charge on any atom is 0.305 e. The quantitative estimate of drug-likeness (QED) is 0.631. The Morgan fingerprint density at radius 3 is 2.86 bits per heavy atom. The molecule has 112 valence electrons. The molecular weight excluding hydrogens is 289 g/mol. The standard InChI is InChI=1S/C15H12FN3O3/c1-9-2-4-17-8-14(9)18-5-3-10-6-12(16)13(19(21)22)7-11(10)15(18)20/h2,4,6-8H,3,5H2,1H3. The Hall–Kier alpha value is -2.83. The molecule has 2 heterocycles. The number of carbonyl (C=O) groups is 1. The van der Waals surface area contributed by atoms with Gasteiger partial charge in [0.05, 0.1) is 22.4 Å². The number of hydrogen-bond acceptors (Lipinski definition) is 4.